The maximum Gasteiger partial charge on any atom is 0.242 e. The maximum atomic E-state index is 13.1. The third-order valence-corrected chi connectivity index (χ3v) is 5.12. The minimum atomic E-state index is -0.578. The summed E-state index contributed by atoms with van der Waals surface area (Å²) in [6, 6.07) is 14.8. The van der Waals surface area contributed by atoms with E-state index in [4.69, 9.17) is 11.6 Å². The number of benzene rings is 2. The van der Waals surface area contributed by atoms with E-state index in [2.05, 4.69) is 5.32 Å². The quantitative estimate of drug-likeness (QED) is 0.708. The van der Waals surface area contributed by atoms with E-state index in [0.717, 1.165) is 23.1 Å². The van der Waals surface area contributed by atoms with Gasteiger partial charge in [-0.1, -0.05) is 60.5 Å². The average Bonchev–Trinajstić information content (AvgIpc) is 2.67. The van der Waals surface area contributed by atoms with Crippen LogP contribution in [-0.2, 0) is 22.6 Å². The second kappa shape index (κ2) is 10.3. The molecule has 1 N–H and O–H groups in total. The molecule has 0 heterocycles. The Morgan fingerprint density at radius 1 is 1.07 bits per heavy atom. The molecule has 0 bridgehead atoms. The van der Waals surface area contributed by atoms with Gasteiger partial charge in [0.1, 0.15) is 6.04 Å². The van der Waals surface area contributed by atoms with Crippen LogP contribution in [0, 0.1) is 6.92 Å². The van der Waals surface area contributed by atoms with Gasteiger partial charge in [-0.2, -0.15) is 0 Å². The summed E-state index contributed by atoms with van der Waals surface area (Å²) in [5.41, 5.74) is 2.97. The highest BCUT2D eigenvalue weighted by molar-refractivity contribution is 6.30. The first-order valence-corrected chi connectivity index (χ1v) is 10.1. The Hall–Kier alpha value is -2.33. The largest absolute Gasteiger partial charge is 0.352 e. The number of halogens is 1. The lowest BCUT2D eigenvalue weighted by Gasteiger charge is -2.30. The fourth-order valence-electron chi connectivity index (χ4n) is 2.86. The number of carbonyl (C=O) groups is 2. The van der Waals surface area contributed by atoms with Crippen molar-refractivity contribution in [3.63, 3.8) is 0 Å². The molecule has 2 rings (SSSR count). The van der Waals surface area contributed by atoms with Crippen molar-refractivity contribution in [1.82, 2.24) is 10.2 Å². The van der Waals surface area contributed by atoms with Crippen LogP contribution in [0.15, 0.2) is 48.5 Å². The van der Waals surface area contributed by atoms with E-state index in [-0.39, 0.29) is 24.3 Å². The van der Waals surface area contributed by atoms with Crippen LogP contribution < -0.4 is 5.32 Å². The number of rotatable bonds is 8. The Bertz CT molecular complexity index is 805. The van der Waals surface area contributed by atoms with Crippen LogP contribution in [0.4, 0.5) is 0 Å². The van der Waals surface area contributed by atoms with E-state index < -0.39 is 6.04 Å². The minimum Gasteiger partial charge on any atom is -0.352 e. The minimum absolute atomic E-state index is 0.0650. The summed E-state index contributed by atoms with van der Waals surface area (Å²) in [6.45, 7) is 8.09. The third-order valence-electron chi connectivity index (χ3n) is 4.89. The van der Waals surface area contributed by atoms with Crippen molar-refractivity contribution in [1.29, 1.82) is 0 Å². The average molecular weight is 401 g/mol. The Labute approximate surface area is 172 Å². The molecule has 0 saturated heterocycles. The normalized spacial score (nSPS) is 12.9. The van der Waals surface area contributed by atoms with Crippen molar-refractivity contribution in [2.24, 2.45) is 0 Å². The molecule has 2 atom stereocenters. The summed E-state index contributed by atoms with van der Waals surface area (Å²) in [5, 5.41) is 3.59. The number of amides is 2. The molecule has 0 aliphatic heterocycles. The lowest BCUT2D eigenvalue weighted by Crippen LogP contribution is -2.49. The first-order chi connectivity index (χ1) is 13.3. The van der Waals surface area contributed by atoms with Crippen LogP contribution in [0.1, 0.15) is 43.9 Å². The molecule has 150 valence electrons. The Balaban J connectivity index is 2.22. The van der Waals surface area contributed by atoms with Crippen LogP contribution in [-0.4, -0.2) is 28.8 Å². The van der Waals surface area contributed by atoms with Crippen LogP contribution in [0.25, 0.3) is 0 Å². The molecule has 2 aromatic rings. The van der Waals surface area contributed by atoms with Gasteiger partial charge in [-0.3, -0.25) is 9.59 Å². The molecule has 0 fully saturated rings. The second-order valence-electron chi connectivity index (χ2n) is 7.31. The van der Waals surface area contributed by atoms with Crippen LogP contribution in [0.3, 0.4) is 0 Å². The summed E-state index contributed by atoms with van der Waals surface area (Å²) >= 11 is 6.10. The molecule has 4 nitrogen and oxygen atoms in total. The summed E-state index contributed by atoms with van der Waals surface area (Å²) < 4.78 is 0. The van der Waals surface area contributed by atoms with E-state index in [1.54, 1.807) is 17.9 Å². The molecular formula is C23H29ClN2O2. The Morgan fingerprint density at radius 2 is 1.75 bits per heavy atom. The molecule has 0 radical (unpaired) electrons. The molecule has 2 aromatic carbocycles. The van der Waals surface area contributed by atoms with Gasteiger partial charge >= 0.3 is 0 Å². The number of nitrogens with zero attached hydrogens (tertiary/aromatic N) is 1. The first kappa shape index (κ1) is 22.0. The van der Waals surface area contributed by atoms with Crippen LogP contribution >= 0.6 is 11.6 Å². The molecule has 0 aliphatic carbocycles. The predicted octanol–water partition coefficient (Wildman–Crippen LogP) is 4.52. The van der Waals surface area contributed by atoms with Crippen molar-refractivity contribution in [2.75, 3.05) is 0 Å². The van der Waals surface area contributed by atoms with Gasteiger partial charge in [0.2, 0.25) is 11.8 Å². The van der Waals surface area contributed by atoms with Gasteiger partial charge in [-0.15, -0.1) is 0 Å². The molecular weight excluding hydrogens is 372 g/mol. The van der Waals surface area contributed by atoms with Crippen LogP contribution in [0.5, 0.6) is 0 Å². The Morgan fingerprint density at radius 3 is 2.36 bits per heavy atom. The highest BCUT2D eigenvalue weighted by Crippen LogP contribution is 2.16. The van der Waals surface area contributed by atoms with Crippen molar-refractivity contribution >= 4 is 23.4 Å². The SMILES string of the molecule is CC[C@@H](C)NC(=O)[C@H](C)N(Cc1cccc(Cl)c1)C(=O)Cc1ccc(C)cc1. The Kier molecular flexibility index (Phi) is 8.06. The zero-order valence-corrected chi connectivity index (χ0v) is 17.8. The molecule has 0 aliphatic rings. The van der Waals surface area contributed by atoms with Crippen molar-refractivity contribution in [3.05, 3.63) is 70.2 Å². The highest BCUT2D eigenvalue weighted by Gasteiger charge is 2.26. The molecule has 0 spiro atoms. The van der Waals surface area contributed by atoms with Crippen molar-refractivity contribution in [2.45, 2.75) is 59.2 Å². The van der Waals surface area contributed by atoms with Gasteiger partial charge in [-0.25, -0.2) is 0 Å². The lowest BCUT2D eigenvalue weighted by atomic mass is 10.1. The monoisotopic (exact) mass is 400 g/mol. The summed E-state index contributed by atoms with van der Waals surface area (Å²) in [4.78, 5) is 27.4. The number of hydrogen-bond acceptors (Lipinski definition) is 2. The molecule has 0 unspecified atom stereocenters. The molecule has 28 heavy (non-hydrogen) atoms. The van der Waals surface area contributed by atoms with E-state index in [0.29, 0.717) is 11.6 Å². The van der Waals surface area contributed by atoms with Crippen molar-refractivity contribution < 1.29 is 9.59 Å². The zero-order chi connectivity index (χ0) is 20.7. The van der Waals surface area contributed by atoms with Gasteiger partial charge in [-0.05, 0) is 50.5 Å². The second-order valence-corrected chi connectivity index (χ2v) is 7.74. The van der Waals surface area contributed by atoms with Gasteiger partial charge in [0.25, 0.3) is 0 Å². The summed E-state index contributed by atoms with van der Waals surface area (Å²) in [5.74, 6) is -0.232. The standard InChI is InChI=1S/C23H29ClN2O2/c1-5-17(3)25-23(28)18(4)26(15-20-7-6-8-21(24)13-20)22(27)14-19-11-9-16(2)10-12-19/h6-13,17-18H,5,14-15H2,1-4H3,(H,25,28)/t17-,18+/m1/s1. The van der Waals surface area contributed by atoms with Gasteiger partial charge in [0.05, 0.1) is 6.42 Å². The predicted molar refractivity (Wildman–Crippen MR) is 114 cm³/mol. The van der Waals surface area contributed by atoms with E-state index >= 15 is 0 Å². The maximum absolute atomic E-state index is 13.1. The van der Waals surface area contributed by atoms with Crippen molar-refractivity contribution in [3.8, 4) is 0 Å². The number of aryl methyl sites for hydroxylation is 1. The molecule has 2 amide bonds. The highest BCUT2D eigenvalue weighted by atomic mass is 35.5. The number of hydrogen-bond donors (Lipinski definition) is 1. The zero-order valence-electron chi connectivity index (χ0n) is 17.0. The van der Waals surface area contributed by atoms with E-state index in [9.17, 15) is 9.59 Å². The van der Waals surface area contributed by atoms with Gasteiger partial charge in [0.15, 0.2) is 0 Å². The topological polar surface area (TPSA) is 49.4 Å². The van der Waals surface area contributed by atoms with Gasteiger partial charge < -0.3 is 10.2 Å². The first-order valence-electron chi connectivity index (χ1n) is 9.70. The molecule has 0 saturated carbocycles. The molecule has 5 heteroatoms. The van der Waals surface area contributed by atoms with Crippen LogP contribution in [0.2, 0.25) is 5.02 Å². The lowest BCUT2D eigenvalue weighted by molar-refractivity contribution is -0.140. The van der Waals surface area contributed by atoms with E-state index in [1.807, 2.05) is 63.2 Å². The molecule has 0 aromatic heterocycles. The van der Waals surface area contributed by atoms with Gasteiger partial charge in [0, 0.05) is 17.6 Å². The fourth-order valence-corrected chi connectivity index (χ4v) is 3.08. The fraction of sp³-hybridized carbons (Fsp3) is 0.391. The summed E-state index contributed by atoms with van der Waals surface area (Å²) in [7, 11) is 0. The number of carbonyl (C=O) groups excluding carboxylic acids is 2. The smallest absolute Gasteiger partial charge is 0.242 e. The third kappa shape index (κ3) is 6.38. The number of nitrogens with one attached hydrogen (secondary N) is 1. The summed E-state index contributed by atoms with van der Waals surface area (Å²) in [6.07, 6.45) is 1.09. The van der Waals surface area contributed by atoms with E-state index in [1.165, 1.54) is 0 Å².